The molecule has 0 heterocycles. The average molecular weight is 434 g/mol. The minimum atomic E-state index is -3.67. The molecule has 3 N–H and O–H groups in total. The number of aryl methyl sites for hydroxylation is 1. The minimum Gasteiger partial charge on any atom is -0.495 e. The lowest BCUT2D eigenvalue weighted by Gasteiger charge is -2.14. The van der Waals surface area contributed by atoms with Crippen LogP contribution >= 0.6 is 0 Å². The number of methoxy groups -OCH3 is 1. The van der Waals surface area contributed by atoms with Gasteiger partial charge < -0.3 is 15.4 Å². The van der Waals surface area contributed by atoms with E-state index >= 15 is 0 Å². The van der Waals surface area contributed by atoms with Crippen molar-refractivity contribution in [2.45, 2.75) is 30.7 Å². The summed E-state index contributed by atoms with van der Waals surface area (Å²) >= 11 is 0. The Balaban J connectivity index is 1.72. The van der Waals surface area contributed by atoms with Crippen molar-refractivity contribution in [3.05, 3.63) is 52.1 Å². The fourth-order valence-corrected chi connectivity index (χ4v) is 4.08. The van der Waals surface area contributed by atoms with Crippen molar-refractivity contribution in [1.29, 1.82) is 0 Å². The molecule has 0 spiro atoms. The van der Waals surface area contributed by atoms with Crippen LogP contribution in [-0.4, -0.2) is 38.9 Å². The van der Waals surface area contributed by atoms with Crippen molar-refractivity contribution in [3.63, 3.8) is 0 Å². The van der Waals surface area contributed by atoms with E-state index in [2.05, 4.69) is 15.4 Å². The molecule has 0 aliphatic heterocycles. The van der Waals surface area contributed by atoms with Crippen molar-refractivity contribution >= 4 is 33.0 Å². The van der Waals surface area contributed by atoms with Crippen LogP contribution in [0.4, 0.5) is 17.1 Å². The van der Waals surface area contributed by atoms with Crippen molar-refractivity contribution < 1.29 is 22.9 Å². The molecule has 0 unspecified atom stereocenters. The normalized spacial score (nSPS) is 13.5. The summed E-state index contributed by atoms with van der Waals surface area (Å²) in [5.74, 6) is -0.178. The second-order valence-corrected chi connectivity index (χ2v) is 8.65. The molecule has 1 aliphatic carbocycles. The van der Waals surface area contributed by atoms with E-state index in [0.29, 0.717) is 17.0 Å². The summed E-state index contributed by atoms with van der Waals surface area (Å²) in [6, 6.07) is 8.74. The second kappa shape index (κ2) is 8.67. The van der Waals surface area contributed by atoms with Gasteiger partial charge in [-0.2, -0.15) is 0 Å². The molecule has 3 rings (SSSR count). The van der Waals surface area contributed by atoms with E-state index in [1.807, 2.05) is 0 Å². The maximum atomic E-state index is 12.4. The number of carbonyl (C=O) groups is 1. The average Bonchev–Trinajstić information content (AvgIpc) is 3.50. The molecule has 1 saturated carbocycles. The Bertz CT molecular complexity index is 1080. The third-order valence-corrected chi connectivity index (χ3v) is 5.96. The first kappa shape index (κ1) is 21.5. The number of sulfonamides is 1. The topological polar surface area (TPSA) is 140 Å². The Morgan fingerprint density at radius 2 is 1.93 bits per heavy atom. The molecule has 0 bridgehead atoms. The Labute approximate surface area is 173 Å². The monoisotopic (exact) mass is 434 g/mol. The first-order valence-electron chi connectivity index (χ1n) is 9.19. The number of ether oxygens (including phenoxy) is 1. The molecule has 10 nitrogen and oxygen atoms in total. The summed E-state index contributed by atoms with van der Waals surface area (Å²) < 4.78 is 32.7. The Kier molecular flexibility index (Phi) is 6.22. The number of hydrogen-bond acceptors (Lipinski definition) is 7. The largest absolute Gasteiger partial charge is 0.495 e. The molecule has 160 valence electrons. The number of nitro benzene ring substituents is 1. The lowest BCUT2D eigenvalue weighted by molar-refractivity contribution is -0.384. The lowest BCUT2D eigenvalue weighted by Crippen LogP contribution is -2.26. The molecule has 0 aromatic heterocycles. The number of nitrogens with one attached hydrogen (secondary N) is 3. The third-order valence-electron chi connectivity index (χ3n) is 4.44. The Hall–Kier alpha value is -3.18. The molecule has 1 fully saturated rings. The van der Waals surface area contributed by atoms with Crippen LogP contribution in [0.15, 0.2) is 41.3 Å². The highest BCUT2D eigenvalue weighted by atomic mass is 32.2. The van der Waals surface area contributed by atoms with Gasteiger partial charge in [0.25, 0.3) is 5.69 Å². The van der Waals surface area contributed by atoms with Crippen LogP contribution in [0.1, 0.15) is 18.4 Å². The second-order valence-electron chi connectivity index (χ2n) is 6.94. The van der Waals surface area contributed by atoms with Crippen LogP contribution in [0.5, 0.6) is 5.75 Å². The Morgan fingerprint density at radius 1 is 1.20 bits per heavy atom. The third kappa shape index (κ3) is 5.24. The molecule has 1 aliphatic rings. The highest BCUT2D eigenvalue weighted by molar-refractivity contribution is 7.89. The zero-order valence-electron chi connectivity index (χ0n) is 16.5. The molecule has 30 heavy (non-hydrogen) atoms. The molecule has 0 atom stereocenters. The number of rotatable bonds is 9. The highest BCUT2D eigenvalue weighted by Crippen LogP contribution is 2.29. The molecule has 1 amide bonds. The number of carbonyl (C=O) groups excluding carboxylic acids is 1. The van der Waals surface area contributed by atoms with Crippen LogP contribution in [0, 0.1) is 17.0 Å². The molecule has 0 radical (unpaired) electrons. The number of hydrogen-bond donors (Lipinski definition) is 3. The summed E-state index contributed by atoms with van der Waals surface area (Å²) in [5, 5.41) is 16.5. The van der Waals surface area contributed by atoms with Gasteiger partial charge >= 0.3 is 0 Å². The van der Waals surface area contributed by atoms with Gasteiger partial charge in [-0.3, -0.25) is 14.9 Å². The molecule has 0 saturated heterocycles. The fourth-order valence-electron chi connectivity index (χ4n) is 2.75. The predicted molar refractivity (Wildman–Crippen MR) is 111 cm³/mol. The first-order chi connectivity index (χ1) is 14.2. The summed E-state index contributed by atoms with van der Waals surface area (Å²) in [6.45, 7) is 1.46. The summed E-state index contributed by atoms with van der Waals surface area (Å²) in [5.41, 5.74) is 0.875. The van der Waals surface area contributed by atoms with E-state index < -0.39 is 20.9 Å². The molecular formula is C19H22N4O6S. The summed E-state index contributed by atoms with van der Waals surface area (Å²) in [6.07, 6.45) is 1.62. The van der Waals surface area contributed by atoms with Crippen LogP contribution < -0.4 is 20.1 Å². The Morgan fingerprint density at radius 3 is 2.57 bits per heavy atom. The van der Waals surface area contributed by atoms with Gasteiger partial charge in [0.05, 0.1) is 29.2 Å². The van der Waals surface area contributed by atoms with Crippen molar-refractivity contribution in [3.8, 4) is 5.75 Å². The predicted octanol–water partition coefficient (Wildman–Crippen LogP) is 2.40. The van der Waals surface area contributed by atoms with Crippen molar-refractivity contribution in [1.82, 2.24) is 4.72 Å². The van der Waals surface area contributed by atoms with Gasteiger partial charge in [-0.15, -0.1) is 0 Å². The van der Waals surface area contributed by atoms with Gasteiger partial charge in [-0.25, -0.2) is 13.1 Å². The van der Waals surface area contributed by atoms with Gasteiger partial charge in [0.1, 0.15) is 11.4 Å². The maximum Gasteiger partial charge on any atom is 0.293 e. The van der Waals surface area contributed by atoms with E-state index in [0.717, 1.165) is 12.8 Å². The molecule has 11 heteroatoms. The van der Waals surface area contributed by atoms with Gasteiger partial charge in [0.2, 0.25) is 15.9 Å². The van der Waals surface area contributed by atoms with Crippen LogP contribution in [-0.2, 0) is 14.8 Å². The minimum absolute atomic E-state index is 0.0374. The number of anilines is 2. The summed E-state index contributed by atoms with van der Waals surface area (Å²) in [7, 11) is -2.25. The fraction of sp³-hybridized carbons (Fsp3) is 0.316. The SMILES string of the molecule is COc1ccc(S(=O)(=O)NC2CC2)cc1NCC(=O)Nc1ccc(C)cc1[N+](=O)[O-]. The van der Waals surface area contributed by atoms with E-state index in [9.17, 15) is 23.3 Å². The van der Waals surface area contributed by atoms with E-state index in [4.69, 9.17) is 4.74 Å². The zero-order chi connectivity index (χ0) is 21.9. The van der Waals surface area contributed by atoms with Gasteiger partial charge in [-0.1, -0.05) is 6.07 Å². The number of benzene rings is 2. The van der Waals surface area contributed by atoms with Crippen LogP contribution in [0.25, 0.3) is 0 Å². The van der Waals surface area contributed by atoms with E-state index in [1.54, 1.807) is 13.0 Å². The highest BCUT2D eigenvalue weighted by Gasteiger charge is 2.28. The van der Waals surface area contributed by atoms with Crippen LogP contribution in [0.2, 0.25) is 0 Å². The van der Waals surface area contributed by atoms with E-state index in [1.165, 1.54) is 37.4 Å². The van der Waals surface area contributed by atoms with Gasteiger partial charge in [0, 0.05) is 12.1 Å². The van der Waals surface area contributed by atoms with Crippen molar-refractivity contribution in [2.75, 3.05) is 24.3 Å². The van der Waals surface area contributed by atoms with E-state index in [-0.39, 0.29) is 28.9 Å². The molecule has 2 aromatic rings. The number of nitrogens with zero attached hydrogens (tertiary/aromatic N) is 1. The standard InChI is InChI=1S/C19H22N4O6S/c1-12-3-7-15(17(9-12)23(25)26)21-19(24)11-20-16-10-14(6-8-18(16)29-2)30(27,28)22-13-4-5-13/h3,6-10,13,20,22H,4-5,11H2,1-2H3,(H,21,24). The quantitative estimate of drug-likeness (QED) is 0.407. The zero-order valence-corrected chi connectivity index (χ0v) is 17.3. The first-order valence-corrected chi connectivity index (χ1v) is 10.7. The number of nitro groups is 1. The lowest BCUT2D eigenvalue weighted by atomic mass is 10.2. The molecular weight excluding hydrogens is 412 g/mol. The molecule has 2 aromatic carbocycles. The smallest absolute Gasteiger partial charge is 0.293 e. The van der Waals surface area contributed by atoms with Gasteiger partial charge in [-0.05, 0) is 49.6 Å². The maximum absolute atomic E-state index is 12.4. The van der Waals surface area contributed by atoms with Crippen LogP contribution in [0.3, 0.4) is 0 Å². The summed E-state index contributed by atoms with van der Waals surface area (Å²) in [4.78, 5) is 23.0. The number of amides is 1. The van der Waals surface area contributed by atoms with Crippen molar-refractivity contribution in [2.24, 2.45) is 0 Å². The van der Waals surface area contributed by atoms with Gasteiger partial charge in [0.15, 0.2) is 0 Å².